The maximum Gasteiger partial charge on any atom is 0.254 e. The van der Waals surface area contributed by atoms with Crippen molar-refractivity contribution in [3.05, 3.63) is 64.1 Å². The van der Waals surface area contributed by atoms with Crippen molar-refractivity contribution in [2.75, 3.05) is 0 Å². The lowest BCUT2D eigenvalue weighted by atomic mass is 10.2. The Balaban J connectivity index is 1.75. The van der Waals surface area contributed by atoms with E-state index in [-0.39, 0.29) is 16.6 Å². The van der Waals surface area contributed by atoms with E-state index in [2.05, 4.69) is 31.2 Å². The number of hydrogen-bond donors (Lipinski definition) is 2. The molecule has 106 valence electrons. The van der Waals surface area contributed by atoms with Crippen LogP contribution in [0, 0.1) is 5.82 Å². The van der Waals surface area contributed by atoms with Crippen molar-refractivity contribution in [1.29, 1.82) is 0 Å². The molecule has 6 heteroatoms. The summed E-state index contributed by atoms with van der Waals surface area (Å²) in [4.78, 5) is 19.4. The number of benzene rings is 2. The van der Waals surface area contributed by atoms with Gasteiger partial charge in [-0.15, -0.1) is 0 Å². The van der Waals surface area contributed by atoms with Gasteiger partial charge < -0.3 is 10.3 Å². The van der Waals surface area contributed by atoms with Gasteiger partial charge in [-0.2, -0.15) is 0 Å². The van der Waals surface area contributed by atoms with Crippen molar-refractivity contribution >= 4 is 32.9 Å². The molecule has 0 saturated carbocycles. The molecular weight excluding hydrogens is 337 g/mol. The van der Waals surface area contributed by atoms with Crippen LogP contribution < -0.4 is 5.32 Å². The predicted octanol–water partition coefficient (Wildman–Crippen LogP) is 3.39. The van der Waals surface area contributed by atoms with E-state index in [1.54, 1.807) is 12.1 Å². The van der Waals surface area contributed by atoms with Crippen molar-refractivity contribution in [2.45, 2.75) is 6.54 Å². The molecule has 1 amide bonds. The van der Waals surface area contributed by atoms with Crippen LogP contribution in [0.15, 0.2) is 46.9 Å². The summed E-state index contributed by atoms with van der Waals surface area (Å²) in [5, 5.41) is 2.65. The van der Waals surface area contributed by atoms with Crippen LogP contribution in [0.1, 0.15) is 16.2 Å². The Morgan fingerprint density at radius 3 is 2.86 bits per heavy atom. The van der Waals surface area contributed by atoms with Gasteiger partial charge in [-0.25, -0.2) is 9.37 Å². The molecule has 0 bridgehead atoms. The first-order valence-electron chi connectivity index (χ1n) is 6.31. The summed E-state index contributed by atoms with van der Waals surface area (Å²) >= 11 is 3.06. The third-order valence-corrected chi connectivity index (χ3v) is 3.66. The average Bonchev–Trinajstić information content (AvgIpc) is 2.90. The van der Waals surface area contributed by atoms with E-state index < -0.39 is 11.7 Å². The van der Waals surface area contributed by atoms with Crippen LogP contribution in [-0.2, 0) is 6.54 Å². The molecule has 0 spiro atoms. The van der Waals surface area contributed by atoms with Gasteiger partial charge in [-0.3, -0.25) is 4.79 Å². The highest BCUT2D eigenvalue weighted by Crippen LogP contribution is 2.18. The minimum Gasteiger partial charge on any atom is -0.345 e. The molecule has 0 aliphatic heterocycles. The molecular formula is C15H11BrFN3O. The maximum atomic E-state index is 13.8. The Morgan fingerprint density at radius 1 is 1.24 bits per heavy atom. The van der Waals surface area contributed by atoms with E-state index in [4.69, 9.17) is 0 Å². The molecule has 3 aromatic rings. The van der Waals surface area contributed by atoms with Crippen LogP contribution >= 0.6 is 15.9 Å². The van der Waals surface area contributed by atoms with Crippen LogP contribution in [-0.4, -0.2) is 15.9 Å². The molecule has 21 heavy (non-hydrogen) atoms. The third kappa shape index (κ3) is 2.80. The number of nitrogens with one attached hydrogen (secondary N) is 2. The molecule has 0 saturated heterocycles. The third-order valence-electron chi connectivity index (χ3n) is 3.05. The first-order valence-corrected chi connectivity index (χ1v) is 7.10. The van der Waals surface area contributed by atoms with E-state index >= 15 is 0 Å². The Morgan fingerprint density at radius 2 is 2.05 bits per heavy atom. The summed E-state index contributed by atoms with van der Waals surface area (Å²) in [5.41, 5.74) is 1.73. The predicted molar refractivity (Wildman–Crippen MR) is 81.4 cm³/mol. The van der Waals surface area contributed by atoms with E-state index in [1.807, 2.05) is 24.3 Å². The maximum absolute atomic E-state index is 13.8. The largest absolute Gasteiger partial charge is 0.345 e. The van der Waals surface area contributed by atoms with Gasteiger partial charge in [0.05, 0.1) is 27.6 Å². The molecule has 2 aromatic carbocycles. The lowest BCUT2D eigenvalue weighted by molar-refractivity contribution is 0.0946. The summed E-state index contributed by atoms with van der Waals surface area (Å²) in [5.74, 6) is -0.422. The fourth-order valence-corrected chi connectivity index (χ4v) is 2.39. The number of aromatic amines is 1. The Hall–Kier alpha value is -2.21. The second-order valence-electron chi connectivity index (χ2n) is 4.48. The molecule has 0 radical (unpaired) electrons. The standard InChI is InChI=1S/C15H11BrFN3O/c16-10-5-3-4-9(14(10)17)15(21)18-8-13-19-11-6-1-2-7-12(11)20-13/h1-7H,8H2,(H,18,21)(H,19,20). The lowest BCUT2D eigenvalue weighted by Gasteiger charge is -2.05. The number of amides is 1. The van der Waals surface area contributed by atoms with Crippen LogP contribution in [0.3, 0.4) is 0 Å². The molecule has 3 rings (SSSR count). The number of para-hydroxylation sites is 2. The highest BCUT2D eigenvalue weighted by Gasteiger charge is 2.14. The molecule has 0 atom stereocenters. The Kier molecular flexibility index (Phi) is 3.70. The van der Waals surface area contributed by atoms with Gasteiger partial charge in [0.1, 0.15) is 11.6 Å². The number of aromatic nitrogens is 2. The molecule has 0 aliphatic carbocycles. The monoisotopic (exact) mass is 347 g/mol. The van der Waals surface area contributed by atoms with Crippen molar-refractivity contribution < 1.29 is 9.18 Å². The zero-order valence-corrected chi connectivity index (χ0v) is 12.4. The highest BCUT2D eigenvalue weighted by molar-refractivity contribution is 9.10. The SMILES string of the molecule is O=C(NCc1nc2ccccc2[nH]1)c1cccc(Br)c1F. The van der Waals surface area contributed by atoms with Crippen LogP contribution in [0.5, 0.6) is 0 Å². The van der Waals surface area contributed by atoms with Crippen LogP contribution in [0.25, 0.3) is 11.0 Å². The van der Waals surface area contributed by atoms with Crippen LogP contribution in [0.2, 0.25) is 0 Å². The number of nitrogens with zero attached hydrogens (tertiary/aromatic N) is 1. The number of halogens is 2. The van der Waals surface area contributed by atoms with Crippen molar-refractivity contribution in [3.8, 4) is 0 Å². The average molecular weight is 348 g/mol. The van der Waals surface area contributed by atoms with Gasteiger partial charge in [-0.1, -0.05) is 18.2 Å². The zero-order valence-electron chi connectivity index (χ0n) is 10.9. The van der Waals surface area contributed by atoms with Crippen molar-refractivity contribution in [2.24, 2.45) is 0 Å². The Labute approximate surface area is 128 Å². The normalized spacial score (nSPS) is 10.8. The fraction of sp³-hybridized carbons (Fsp3) is 0.0667. The number of carbonyl (C=O) groups excluding carboxylic acids is 1. The quantitative estimate of drug-likeness (QED) is 0.762. The van der Waals surface area contributed by atoms with Gasteiger partial charge in [0, 0.05) is 0 Å². The van der Waals surface area contributed by atoms with Gasteiger partial charge >= 0.3 is 0 Å². The highest BCUT2D eigenvalue weighted by atomic mass is 79.9. The number of rotatable bonds is 3. The topological polar surface area (TPSA) is 57.8 Å². The lowest BCUT2D eigenvalue weighted by Crippen LogP contribution is -2.24. The summed E-state index contributed by atoms with van der Waals surface area (Å²) in [6, 6.07) is 12.2. The number of hydrogen-bond acceptors (Lipinski definition) is 2. The number of fused-ring (bicyclic) bond motifs is 1. The van der Waals surface area contributed by atoms with E-state index in [0.29, 0.717) is 5.82 Å². The zero-order chi connectivity index (χ0) is 14.8. The van der Waals surface area contributed by atoms with E-state index in [9.17, 15) is 9.18 Å². The molecule has 1 aromatic heterocycles. The van der Waals surface area contributed by atoms with Gasteiger partial charge in [-0.05, 0) is 40.2 Å². The molecule has 1 heterocycles. The summed E-state index contributed by atoms with van der Waals surface area (Å²) in [7, 11) is 0. The summed E-state index contributed by atoms with van der Waals surface area (Å²) in [6.07, 6.45) is 0. The minimum absolute atomic E-state index is 0.000450. The molecule has 2 N–H and O–H groups in total. The van der Waals surface area contributed by atoms with Crippen molar-refractivity contribution in [1.82, 2.24) is 15.3 Å². The molecule has 0 aliphatic rings. The minimum atomic E-state index is -0.570. The molecule has 0 fully saturated rings. The second kappa shape index (κ2) is 5.65. The number of carbonyl (C=O) groups is 1. The molecule has 0 unspecified atom stereocenters. The van der Waals surface area contributed by atoms with Gasteiger partial charge in [0.2, 0.25) is 0 Å². The Bertz CT molecular complexity index is 783. The number of H-pyrrole nitrogens is 1. The number of imidazole rings is 1. The smallest absolute Gasteiger partial charge is 0.254 e. The summed E-state index contributed by atoms with van der Waals surface area (Å²) < 4.78 is 14.1. The molecule has 4 nitrogen and oxygen atoms in total. The van der Waals surface area contributed by atoms with E-state index in [0.717, 1.165) is 11.0 Å². The van der Waals surface area contributed by atoms with Gasteiger partial charge in [0.25, 0.3) is 5.91 Å². The first-order chi connectivity index (χ1) is 10.1. The fourth-order valence-electron chi connectivity index (χ4n) is 2.03. The summed E-state index contributed by atoms with van der Waals surface area (Å²) in [6.45, 7) is 0.208. The first kappa shape index (κ1) is 13.8. The second-order valence-corrected chi connectivity index (χ2v) is 5.34. The van der Waals surface area contributed by atoms with Crippen LogP contribution in [0.4, 0.5) is 4.39 Å². The van der Waals surface area contributed by atoms with Gasteiger partial charge in [0.15, 0.2) is 0 Å². The van der Waals surface area contributed by atoms with Crippen molar-refractivity contribution in [3.63, 3.8) is 0 Å². The van der Waals surface area contributed by atoms with E-state index in [1.165, 1.54) is 6.07 Å².